The Morgan fingerprint density at radius 3 is 2.55 bits per heavy atom. The first kappa shape index (κ1) is 19.2. The van der Waals surface area contributed by atoms with E-state index < -0.39 is 17.2 Å². The number of rotatable bonds is 4. The summed E-state index contributed by atoms with van der Waals surface area (Å²) in [4.78, 5) is 60.7. The highest BCUT2D eigenvalue weighted by molar-refractivity contribution is 6.45. The Morgan fingerprint density at radius 1 is 1.06 bits per heavy atom. The van der Waals surface area contributed by atoms with E-state index in [1.54, 1.807) is 28.0 Å². The Morgan fingerprint density at radius 2 is 1.84 bits per heavy atom. The molecule has 0 atom stereocenters. The second-order valence-corrected chi connectivity index (χ2v) is 8.05. The topological polar surface area (TPSA) is 103 Å². The maximum absolute atomic E-state index is 13.2. The maximum Gasteiger partial charge on any atom is 0.295 e. The molecule has 0 bridgehead atoms. The van der Waals surface area contributed by atoms with Crippen LogP contribution in [-0.4, -0.2) is 68.8 Å². The van der Waals surface area contributed by atoms with E-state index in [9.17, 15) is 19.2 Å². The lowest BCUT2D eigenvalue weighted by Gasteiger charge is -2.41. The number of piperazine rings is 1. The van der Waals surface area contributed by atoms with Gasteiger partial charge in [-0.25, -0.2) is 0 Å². The van der Waals surface area contributed by atoms with Crippen LogP contribution in [-0.2, 0) is 4.79 Å². The van der Waals surface area contributed by atoms with Crippen LogP contribution < -0.4 is 0 Å². The van der Waals surface area contributed by atoms with E-state index >= 15 is 0 Å². The van der Waals surface area contributed by atoms with Gasteiger partial charge >= 0.3 is 0 Å². The van der Waals surface area contributed by atoms with Crippen LogP contribution in [0.4, 0.5) is 0 Å². The normalized spacial score (nSPS) is 17.0. The maximum atomic E-state index is 13.2. The van der Waals surface area contributed by atoms with E-state index in [0.29, 0.717) is 48.1 Å². The van der Waals surface area contributed by atoms with E-state index in [0.717, 1.165) is 12.8 Å². The first-order chi connectivity index (χ1) is 15.0. The van der Waals surface area contributed by atoms with E-state index in [1.165, 1.54) is 12.4 Å². The van der Waals surface area contributed by atoms with Crippen molar-refractivity contribution in [2.24, 2.45) is 0 Å². The Bertz CT molecular complexity index is 1210. The second kappa shape index (κ2) is 7.16. The zero-order chi connectivity index (χ0) is 21.6. The minimum absolute atomic E-state index is 0.0625. The predicted octanol–water partition coefficient (Wildman–Crippen LogP) is 2.08. The molecular formula is C23H20N4O4. The lowest BCUT2D eigenvalue weighted by molar-refractivity contribution is -0.131. The summed E-state index contributed by atoms with van der Waals surface area (Å²) in [5.41, 5.74) is 1.41. The van der Waals surface area contributed by atoms with Crippen LogP contribution >= 0.6 is 0 Å². The quantitative estimate of drug-likeness (QED) is 0.398. The van der Waals surface area contributed by atoms with Gasteiger partial charge in [0.1, 0.15) is 0 Å². The van der Waals surface area contributed by atoms with Crippen molar-refractivity contribution in [1.82, 2.24) is 19.8 Å². The molecule has 5 rings (SSSR count). The van der Waals surface area contributed by atoms with Crippen molar-refractivity contribution in [2.45, 2.75) is 18.4 Å². The van der Waals surface area contributed by atoms with Crippen molar-refractivity contribution in [3.63, 3.8) is 0 Å². The number of H-pyrrole nitrogens is 1. The molecule has 8 heteroatoms. The number of Topliss-reactive ketones (excluding diaryl/α,β-unsaturated/α-hetero) is 1. The van der Waals surface area contributed by atoms with Crippen molar-refractivity contribution in [3.8, 4) is 0 Å². The Kier molecular flexibility index (Phi) is 4.43. The van der Waals surface area contributed by atoms with Gasteiger partial charge in [0, 0.05) is 43.2 Å². The summed E-state index contributed by atoms with van der Waals surface area (Å²) in [6, 6.07) is 10.6. The summed E-state index contributed by atoms with van der Waals surface area (Å²) in [5, 5.41) is 0. The number of pyridine rings is 1. The number of carbonyl (C=O) groups excluding carboxylic acids is 4. The third-order valence-electron chi connectivity index (χ3n) is 6.20. The summed E-state index contributed by atoms with van der Waals surface area (Å²) >= 11 is 0. The molecule has 8 nitrogen and oxygen atoms in total. The highest BCUT2D eigenvalue weighted by Gasteiger charge is 2.55. The van der Waals surface area contributed by atoms with E-state index in [4.69, 9.17) is 0 Å². The minimum Gasteiger partial charge on any atom is -0.359 e. The third-order valence-corrected chi connectivity index (χ3v) is 6.20. The van der Waals surface area contributed by atoms with Gasteiger partial charge in [0.25, 0.3) is 17.6 Å². The van der Waals surface area contributed by atoms with Crippen molar-refractivity contribution in [2.75, 3.05) is 19.6 Å². The van der Waals surface area contributed by atoms with Gasteiger partial charge in [-0.2, -0.15) is 0 Å². The molecule has 1 aliphatic carbocycles. The first-order valence-corrected chi connectivity index (χ1v) is 10.2. The molecule has 1 aliphatic heterocycles. The molecule has 1 saturated carbocycles. The third kappa shape index (κ3) is 3.11. The van der Waals surface area contributed by atoms with Crippen molar-refractivity contribution >= 4 is 34.9 Å². The Hall–Kier alpha value is -3.81. The molecule has 0 unspecified atom stereocenters. The van der Waals surface area contributed by atoms with Crippen molar-refractivity contribution in [1.29, 1.82) is 0 Å². The molecule has 3 heterocycles. The lowest BCUT2D eigenvalue weighted by atomic mass is 10.1. The Labute approximate surface area is 177 Å². The van der Waals surface area contributed by atoms with Crippen molar-refractivity contribution < 1.29 is 19.2 Å². The molecule has 1 N–H and O–H groups in total. The monoisotopic (exact) mass is 416 g/mol. The molecule has 31 heavy (non-hydrogen) atoms. The number of amides is 2. The standard InChI is InChI=1S/C23H20N4O4/c28-13-16-6-9-24-19-17(12-25-18(16)19)20(29)22(31)27-11-10-26(14-23(27)7-8-23)21(30)15-4-2-1-3-5-15/h1-6,9,12-13,25H,7-8,10-11,14H2. The average molecular weight is 416 g/mol. The van der Waals surface area contributed by atoms with E-state index in [-0.39, 0.29) is 11.5 Å². The predicted molar refractivity (Wildman–Crippen MR) is 112 cm³/mol. The number of hydrogen-bond acceptors (Lipinski definition) is 5. The van der Waals surface area contributed by atoms with Gasteiger partial charge in [-0.15, -0.1) is 0 Å². The highest BCUT2D eigenvalue weighted by Crippen LogP contribution is 2.44. The summed E-state index contributed by atoms with van der Waals surface area (Å²) in [5.74, 6) is -1.31. The molecule has 1 saturated heterocycles. The van der Waals surface area contributed by atoms with Crippen LogP contribution in [0, 0.1) is 0 Å². The number of nitrogens with one attached hydrogen (secondary N) is 1. The van der Waals surface area contributed by atoms with E-state index in [1.807, 2.05) is 18.2 Å². The smallest absolute Gasteiger partial charge is 0.295 e. The number of ketones is 1. The van der Waals surface area contributed by atoms with Crippen LogP contribution in [0.5, 0.6) is 0 Å². The molecule has 2 aromatic heterocycles. The number of fused-ring (bicyclic) bond motifs is 1. The fourth-order valence-electron chi connectivity index (χ4n) is 4.36. The number of benzene rings is 1. The average Bonchev–Trinajstić information content (AvgIpc) is 3.43. The number of nitrogens with zero attached hydrogens (tertiary/aromatic N) is 3. The first-order valence-electron chi connectivity index (χ1n) is 10.2. The number of aromatic amines is 1. The zero-order valence-corrected chi connectivity index (χ0v) is 16.7. The summed E-state index contributed by atoms with van der Waals surface area (Å²) in [6.07, 6.45) is 5.06. The molecule has 3 aromatic rings. The molecule has 1 spiro atoms. The molecule has 2 aliphatic rings. The highest BCUT2D eigenvalue weighted by atomic mass is 16.2. The van der Waals surface area contributed by atoms with Crippen LogP contribution in [0.3, 0.4) is 0 Å². The van der Waals surface area contributed by atoms with E-state index in [2.05, 4.69) is 9.97 Å². The number of carbonyl (C=O) groups is 4. The van der Waals surface area contributed by atoms with Crippen LogP contribution in [0.25, 0.3) is 11.0 Å². The van der Waals surface area contributed by atoms with Gasteiger partial charge in [0.15, 0.2) is 6.29 Å². The second-order valence-electron chi connectivity index (χ2n) is 8.05. The van der Waals surface area contributed by atoms with Crippen LogP contribution in [0.2, 0.25) is 0 Å². The van der Waals surface area contributed by atoms with Crippen LogP contribution in [0.15, 0.2) is 48.8 Å². The minimum atomic E-state index is -0.657. The van der Waals surface area contributed by atoms with Crippen molar-refractivity contribution in [3.05, 3.63) is 65.5 Å². The van der Waals surface area contributed by atoms with Gasteiger partial charge in [-0.1, -0.05) is 18.2 Å². The van der Waals surface area contributed by atoms with Gasteiger partial charge in [0.2, 0.25) is 0 Å². The zero-order valence-electron chi connectivity index (χ0n) is 16.7. The molecular weight excluding hydrogens is 396 g/mol. The fourth-order valence-corrected chi connectivity index (χ4v) is 4.36. The Balaban J connectivity index is 1.37. The molecule has 2 fully saturated rings. The largest absolute Gasteiger partial charge is 0.359 e. The van der Waals surface area contributed by atoms with Gasteiger partial charge in [-0.05, 0) is 31.0 Å². The molecule has 1 aromatic carbocycles. The fraction of sp³-hybridized carbons (Fsp3) is 0.261. The van der Waals surface area contributed by atoms with Gasteiger partial charge < -0.3 is 14.8 Å². The summed E-state index contributed by atoms with van der Waals surface area (Å²) in [6.45, 7) is 1.09. The number of aldehydes is 1. The molecule has 2 amide bonds. The van der Waals surface area contributed by atoms with Crippen LogP contribution in [0.1, 0.15) is 43.9 Å². The molecule has 156 valence electrons. The SMILES string of the molecule is O=Cc1ccnc2c(C(=O)C(=O)N3CCN(C(=O)c4ccccc4)CC34CC4)c[nH]c12. The summed E-state index contributed by atoms with van der Waals surface area (Å²) in [7, 11) is 0. The number of aromatic nitrogens is 2. The molecule has 0 radical (unpaired) electrons. The van der Waals surface area contributed by atoms with Gasteiger partial charge in [-0.3, -0.25) is 24.2 Å². The number of hydrogen-bond donors (Lipinski definition) is 1. The lowest BCUT2D eigenvalue weighted by Crippen LogP contribution is -2.59. The van der Waals surface area contributed by atoms with Gasteiger partial charge in [0.05, 0.1) is 22.1 Å². The summed E-state index contributed by atoms with van der Waals surface area (Å²) < 4.78 is 0.